The Morgan fingerprint density at radius 3 is 1.32 bits per heavy atom. The Hall–Kier alpha value is -3.14. The molecule has 4 nitrogen and oxygen atoms in total. The summed E-state index contributed by atoms with van der Waals surface area (Å²) in [7, 11) is 0. The van der Waals surface area contributed by atoms with E-state index in [4.69, 9.17) is 0 Å². The molecule has 2 unspecified atom stereocenters. The van der Waals surface area contributed by atoms with Crippen molar-refractivity contribution in [2.75, 3.05) is 0 Å². The molecule has 194 valence electrons. The molecule has 5 rings (SSSR count). The van der Waals surface area contributed by atoms with Gasteiger partial charge in [0.25, 0.3) is 0 Å². The largest absolute Gasteiger partial charge is 0.481 e. The Kier molecular flexibility index (Phi) is 7.64. The molecular weight excluding hydrogens is 460 g/mol. The minimum absolute atomic E-state index is 0.303. The maximum atomic E-state index is 13.1. The van der Waals surface area contributed by atoms with Crippen LogP contribution in [0.3, 0.4) is 0 Å². The maximum absolute atomic E-state index is 13.1. The molecular formula is C33H38O4. The first-order valence-electron chi connectivity index (χ1n) is 14.0. The molecule has 2 atom stereocenters. The van der Waals surface area contributed by atoms with Gasteiger partial charge in [-0.05, 0) is 72.6 Å². The third-order valence-corrected chi connectivity index (χ3v) is 9.10. The summed E-state index contributed by atoms with van der Waals surface area (Å²) in [5.74, 6) is -2.76. The SMILES string of the molecule is O=C(O)C(Cc1ccccc1)C1(C(Cc2ccccc2)C(=O)O)C=C(C2CCCC2)C(C2CCCC2)=C1. The predicted molar refractivity (Wildman–Crippen MR) is 145 cm³/mol. The highest BCUT2D eigenvalue weighted by molar-refractivity contribution is 5.79. The second-order valence-electron chi connectivity index (χ2n) is 11.3. The standard InChI is InChI=1S/C33H38O4/c34-31(35)29(19-23-11-3-1-4-12-23)33(30(32(36)37)20-24-13-5-2-6-14-24)21-27(25-15-7-8-16-25)28(22-33)26-17-9-10-18-26/h1-6,11-14,21-22,25-26,29-30H,7-10,15-20H2,(H,34,35)(H,36,37). The van der Waals surface area contributed by atoms with Crippen molar-refractivity contribution in [1.29, 1.82) is 0 Å². The van der Waals surface area contributed by atoms with Crippen molar-refractivity contribution in [2.45, 2.75) is 64.2 Å². The smallest absolute Gasteiger partial charge is 0.308 e. The summed E-state index contributed by atoms with van der Waals surface area (Å²) < 4.78 is 0. The molecule has 2 N–H and O–H groups in total. The van der Waals surface area contributed by atoms with Gasteiger partial charge in [0, 0.05) is 5.41 Å². The minimum Gasteiger partial charge on any atom is -0.481 e. The van der Waals surface area contributed by atoms with E-state index >= 15 is 0 Å². The molecule has 0 amide bonds. The Morgan fingerprint density at radius 1 is 0.649 bits per heavy atom. The second-order valence-corrected chi connectivity index (χ2v) is 11.3. The molecule has 0 aliphatic heterocycles. The van der Waals surface area contributed by atoms with Crippen LogP contribution in [0.1, 0.15) is 62.5 Å². The average Bonchev–Trinajstić information content (AvgIpc) is 3.68. The molecule has 37 heavy (non-hydrogen) atoms. The van der Waals surface area contributed by atoms with Crippen LogP contribution in [0.25, 0.3) is 0 Å². The normalized spacial score (nSPS) is 21.4. The zero-order valence-corrected chi connectivity index (χ0v) is 21.5. The molecule has 3 aliphatic rings. The number of hydrogen-bond acceptors (Lipinski definition) is 2. The Bertz CT molecular complexity index is 1060. The first-order valence-corrected chi connectivity index (χ1v) is 14.0. The van der Waals surface area contributed by atoms with Crippen LogP contribution >= 0.6 is 0 Å². The topological polar surface area (TPSA) is 74.6 Å². The van der Waals surface area contributed by atoms with Gasteiger partial charge in [-0.15, -0.1) is 0 Å². The average molecular weight is 499 g/mol. The minimum atomic E-state index is -1.08. The molecule has 2 saturated carbocycles. The molecule has 0 spiro atoms. The number of carboxylic acid groups (broad SMARTS) is 2. The lowest BCUT2D eigenvalue weighted by atomic mass is 9.63. The molecule has 0 radical (unpaired) electrons. The quantitative estimate of drug-likeness (QED) is 0.366. The predicted octanol–water partition coefficient (Wildman–Crippen LogP) is 7.11. The van der Waals surface area contributed by atoms with E-state index in [1.165, 1.54) is 36.8 Å². The van der Waals surface area contributed by atoms with Crippen molar-refractivity contribution < 1.29 is 19.8 Å². The third kappa shape index (κ3) is 5.30. The molecule has 0 aromatic heterocycles. The van der Waals surface area contributed by atoms with Gasteiger partial charge in [-0.2, -0.15) is 0 Å². The van der Waals surface area contributed by atoms with Crippen LogP contribution in [0.15, 0.2) is 84.0 Å². The summed E-state index contributed by atoms with van der Waals surface area (Å²) in [6.45, 7) is 0. The van der Waals surface area contributed by atoms with E-state index in [-0.39, 0.29) is 0 Å². The van der Waals surface area contributed by atoms with Gasteiger partial charge in [0.15, 0.2) is 0 Å². The number of rotatable bonds is 10. The van der Waals surface area contributed by atoms with Gasteiger partial charge < -0.3 is 10.2 Å². The Balaban J connectivity index is 1.67. The van der Waals surface area contributed by atoms with Crippen LogP contribution in [0, 0.1) is 29.1 Å². The number of allylic oxidation sites excluding steroid dienone is 4. The lowest BCUT2D eigenvalue weighted by molar-refractivity contribution is -0.151. The number of carboxylic acids is 2. The lowest BCUT2D eigenvalue weighted by Gasteiger charge is -2.38. The fourth-order valence-corrected chi connectivity index (χ4v) is 7.23. The molecule has 2 aromatic carbocycles. The zero-order chi connectivity index (χ0) is 25.8. The van der Waals surface area contributed by atoms with E-state index in [9.17, 15) is 19.8 Å². The highest BCUT2D eigenvalue weighted by atomic mass is 16.4. The van der Waals surface area contributed by atoms with Gasteiger partial charge in [-0.3, -0.25) is 9.59 Å². The van der Waals surface area contributed by atoms with Crippen molar-refractivity contribution in [3.63, 3.8) is 0 Å². The van der Waals surface area contributed by atoms with Crippen LogP contribution in [0.4, 0.5) is 0 Å². The van der Waals surface area contributed by atoms with Crippen LogP contribution in [0.2, 0.25) is 0 Å². The van der Waals surface area contributed by atoms with E-state index in [1.807, 2.05) is 60.7 Å². The summed E-state index contributed by atoms with van der Waals surface area (Å²) in [5, 5.41) is 21.4. The van der Waals surface area contributed by atoms with Gasteiger partial charge in [0.1, 0.15) is 0 Å². The van der Waals surface area contributed by atoms with E-state index in [0.29, 0.717) is 24.7 Å². The Morgan fingerprint density at radius 2 is 1.00 bits per heavy atom. The number of benzene rings is 2. The van der Waals surface area contributed by atoms with Gasteiger partial charge in [-0.1, -0.05) is 98.5 Å². The third-order valence-electron chi connectivity index (χ3n) is 9.10. The molecule has 2 fully saturated rings. The van der Waals surface area contributed by atoms with E-state index in [2.05, 4.69) is 12.2 Å². The highest BCUT2D eigenvalue weighted by Crippen LogP contribution is 2.55. The molecule has 3 aliphatic carbocycles. The summed E-state index contributed by atoms with van der Waals surface area (Å²) in [6, 6.07) is 19.4. The number of carbonyl (C=O) groups is 2. The summed E-state index contributed by atoms with van der Waals surface area (Å²) >= 11 is 0. The molecule has 0 bridgehead atoms. The first-order chi connectivity index (χ1) is 18.0. The van der Waals surface area contributed by atoms with Crippen LogP contribution < -0.4 is 0 Å². The van der Waals surface area contributed by atoms with Crippen LogP contribution in [0.5, 0.6) is 0 Å². The van der Waals surface area contributed by atoms with Gasteiger partial charge >= 0.3 is 11.9 Å². The van der Waals surface area contributed by atoms with Crippen LogP contribution in [-0.4, -0.2) is 22.2 Å². The van der Waals surface area contributed by atoms with Gasteiger partial charge in [0.05, 0.1) is 11.8 Å². The van der Waals surface area contributed by atoms with Crippen molar-refractivity contribution in [1.82, 2.24) is 0 Å². The van der Waals surface area contributed by atoms with Crippen molar-refractivity contribution in [3.05, 3.63) is 95.1 Å². The van der Waals surface area contributed by atoms with E-state index in [0.717, 1.165) is 36.8 Å². The zero-order valence-electron chi connectivity index (χ0n) is 21.5. The van der Waals surface area contributed by atoms with E-state index < -0.39 is 29.2 Å². The van der Waals surface area contributed by atoms with Gasteiger partial charge in [0.2, 0.25) is 0 Å². The molecule has 0 saturated heterocycles. The molecule has 4 heteroatoms. The summed E-state index contributed by atoms with van der Waals surface area (Å²) in [5.41, 5.74) is 3.30. The number of hydrogen-bond donors (Lipinski definition) is 2. The van der Waals surface area contributed by atoms with E-state index in [1.54, 1.807) is 0 Å². The second kappa shape index (κ2) is 11.1. The molecule has 2 aromatic rings. The van der Waals surface area contributed by atoms with Crippen molar-refractivity contribution in [3.8, 4) is 0 Å². The fraction of sp³-hybridized carbons (Fsp3) is 0.455. The fourth-order valence-electron chi connectivity index (χ4n) is 7.23. The van der Waals surface area contributed by atoms with Crippen molar-refractivity contribution in [2.24, 2.45) is 29.1 Å². The summed E-state index contributed by atoms with van der Waals surface area (Å²) in [4.78, 5) is 26.2. The Labute approximate surface area is 220 Å². The monoisotopic (exact) mass is 498 g/mol. The number of aliphatic carboxylic acids is 2. The van der Waals surface area contributed by atoms with Crippen molar-refractivity contribution >= 4 is 11.9 Å². The maximum Gasteiger partial charge on any atom is 0.308 e. The van der Waals surface area contributed by atoms with Gasteiger partial charge in [-0.25, -0.2) is 0 Å². The lowest BCUT2D eigenvalue weighted by Crippen LogP contribution is -2.44. The highest BCUT2D eigenvalue weighted by Gasteiger charge is 2.53. The summed E-state index contributed by atoms with van der Waals surface area (Å²) in [6.07, 6.45) is 14.1. The van der Waals surface area contributed by atoms with Crippen LogP contribution in [-0.2, 0) is 22.4 Å². The molecule has 0 heterocycles. The first kappa shape index (κ1) is 25.5.